The van der Waals surface area contributed by atoms with E-state index in [0.717, 1.165) is 27.6 Å². The molecule has 5 rings (SSSR count). The maximum absolute atomic E-state index is 12.6. The second-order valence-electron chi connectivity index (χ2n) is 8.16. The highest BCUT2D eigenvalue weighted by atomic mass is 16.5. The van der Waals surface area contributed by atoms with Crippen molar-refractivity contribution >= 4 is 16.9 Å². The Balaban J connectivity index is 1.88. The molecule has 0 unspecified atom stereocenters. The molecule has 35 heavy (non-hydrogen) atoms. The van der Waals surface area contributed by atoms with Crippen LogP contribution in [0.15, 0.2) is 109 Å². The third-order valence-electron chi connectivity index (χ3n) is 6.30. The first kappa shape index (κ1) is 22.4. The van der Waals surface area contributed by atoms with Crippen molar-refractivity contribution in [2.75, 3.05) is 13.7 Å². The van der Waals surface area contributed by atoms with Crippen molar-refractivity contribution in [1.29, 1.82) is 0 Å². The number of hydrogen-bond acceptors (Lipinski definition) is 4. The van der Waals surface area contributed by atoms with E-state index in [0.29, 0.717) is 17.9 Å². The van der Waals surface area contributed by atoms with E-state index in [1.807, 2.05) is 65.3 Å². The lowest BCUT2D eigenvalue weighted by molar-refractivity contribution is 0.0523. The van der Waals surface area contributed by atoms with Crippen LogP contribution in [0.2, 0.25) is 0 Å². The van der Waals surface area contributed by atoms with Crippen LogP contribution in [0.5, 0.6) is 5.75 Å². The molecule has 174 valence electrons. The van der Waals surface area contributed by atoms with Gasteiger partial charge in [-0.3, -0.25) is 0 Å². The largest absolute Gasteiger partial charge is 0.495 e. The summed E-state index contributed by atoms with van der Waals surface area (Å²) in [6, 6.07) is 34.7. The fourth-order valence-corrected chi connectivity index (χ4v) is 4.84. The van der Waals surface area contributed by atoms with Crippen molar-refractivity contribution in [2.24, 2.45) is 0 Å². The van der Waals surface area contributed by atoms with E-state index in [-0.39, 0.29) is 0 Å². The third-order valence-corrected chi connectivity index (χ3v) is 6.30. The van der Waals surface area contributed by atoms with Gasteiger partial charge in [0.15, 0.2) is 0 Å². The smallest absolute Gasteiger partial charge is 0.341 e. The first-order chi connectivity index (χ1) is 17.2. The zero-order chi connectivity index (χ0) is 24.3. The lowest BCUT2D eigenvalue weighted by Gasteiger charge is -2.37. The molecule has 0 bridgehead atoms. The molecule has 1 heterocycles. The quantitative estimate of drug-likeness (QED) is 0.218. The standard InChI is InChI=1S/C30H26N2O3/c1-3-35-29(33)25-19-20-27-26(28(25)34-2)21-31-32(27)30(22-13-7-4-8-14-22,23-15-9-5-10-16-23)24-17-11-6-12-18-24/h4-21H,3H2,1-2H3. The average Bonchev–Trinajstić information content (AvgIpc) is 3.35. The van der Waals surface area contributed by atoms with Crippen LogP contribution >= 0.6 is 0 Å². The number of ether oxygens (including phenoxy) is 2. The first-order valence-electron chi connectivity index (χ1n) is 11.6. The summed E-state index contributed by atoms with van der Waals surface area (Å²) in [6.07, 6.45) is 1.76. The molecule has 0 aliphatic rings. The molecule has 0 atom stereocenters. The van der Waals surface area contributed by atoms with Crippen LogP contribution in [0.25, 0.3) is 10.9 Å². The molecular formula is C30H26N2O3. The van der Waals surface area contributed by atoms with Gasteiger partial charge in [0.2, 0.25) is 0 Å². The SMILES string of the molecule is CCOC(=O)c1ccc2c(cnn2C(c2ccccc2)(c2ccccc2)c2ccccc2)c1OC. The second-order valence-corrected chi connectivity index (χ2v) is 8.16. The number of hydrogen-bond donors (Lipinski definition) is 0. The summed E-state index contributed by atoms with van der Waals surface area (Å²) in [5.74, 6) is 0.0368. The molecule has 0 saturated heterocycles. The Hall–Kier alpha value is -4.38. The molecule has 5 aromatic rings. The predicted molar refractivity (Wildman–Crippen MR) is 137 cm³/mol. The number of aromatic nitrogens is 2. The highest BCUT2D eigenvalue weighted by Crippen LogP contribution is 2.43. The molecule has 0 aliphatic carbocycles. The number of carbonyl (C=O) groups excluding carboxylic acids is 1. The van der Waals surface area contributed by atoms with E-state index < -0.39 is 11.5 Å². The molecule has 0 fully saturated rings. The second kappa shape index (κ2) is 9.47. The van der Waals surface area contributed by atoms with Crippen LogP contribution in [0.1, 0.15) is 34.0 Å². The van der Waals surface area contributed by atoms with Gasteiger partial charge in [0.1, 0.15) is 16.9 Å². The Morgan fingerprint density at radius 2 is 1.31 bits per heavy atom. The van der Waals surface area contributed by atoms with Crippen LogP contribution in [0.3, 0.4) is 0 Å². The van der Waals surface area contributed by atoms with Crippen LogP contribution in [-0.2, 0) is 10.3 Å². The van der Waals surface area contributed by atoms with Gasteiger partial charge in [0, 0.05) is 0 Å². The number of nitrogens with zero attached hydrogens (tertiary/aromatic N) is 2. The Morgan fingerprint density at radius 3 is 1.77 bits per heavy atom. The van der Waals surface area contributed by atoms with E-state index in [2.05, 4.69) is 36.4 Å². The van der Waals surface area contributed by atoms with Crippen LogP contribution < -0.4 is 4.74 Å². The highest BCUT2D eigenvalue weighted by Gasteiger charge is 2.40. The minimum atomic E-state index is -0.762. The maximum atomic E-state index is 12.6. The summed E-state index contributed by atoms with van der Waals surface area (Å²) in [7, 11) is 1.56. The van der Waals surface area contributed by atoms with E-state index in [1.165, 1.54) is 0 Å². The maximum Gasteiger partial charge on any atom is 0.341 e. The normalized spacial score (nSPS) is 11.4. The number of carbonyl (C=O) groups is 1. The molecule has 5 nitrogen and oxygen atoms in total. The summed E-state index contributed by atoms with van der Waals surface area (Å²) in [5, 5.41) is 5.68. The molecule has 0 radical (unpaired) electrons. The third kappa shape index (κ3) is 3.66. The van der Waals surface area contributed by atoms with Gasteiger partial charge in [-0.25, -0.2) is 9.48 Å². The summed E-state index contributed by atoms with van der Waals surface area (Å²) < 4.78 is 13.0. The molecule has 1 aromatic heterocycles. The molecule has 4 aromatic carbocycles. The van der Waals surface area contributed by atoms with Gasteiger partial charge < -0.3 is 9.47 Å². The van der Waals surface area contributed by atoms with Gasteiger partial charge in [-0.15, -0.1) is 0 Å². The number of rotatable bonds is 7. The topological polar surface area (TPSA) is 53.3 Å². The average molecular weight is 463 g/mol. The van der Waals surface area contributed by atoms with Crippen molar-refractivity contribution in [3.63, 3.8) is 0 Å². The monoisotopic (exact) mass is 462 g/mol. The summed E-state index contributed by atoms with van der Waals surface area (Å²) in [4.78, 5) is 12.6. The number of fused-ring (bicyclic) bond motifs is 1. The molecule has 0 spiro atoms. The highest BCUT2D eigenvalue weighted by molar-refractivity contribution is 6.00. The van der Waals surface area contributed by atoms with E-state index >= 15 is 0 Å². The summed E-state index contributed by atoms with van der Waals surface area (Å²) in [5.41, 5.74) is 3.65. The lowest BCUT2D eigenvalue weighted by atomic mass is 9.77. The summed E-state index contributed by atoms with van der Waals surface area (Å²) >= 11 is 0. The predicted octanol–water partition coefficient (Wildman–Crippen LogP) is 6.06. The minimum absolute atomic E-state index is 0.290. The van der Waals surface area contributed by atoms with Gasteiger partial charge >= 0.3 is 5.97 Å². The van der Waals surface area contributed by atoms with Crippen molar-refractivity contribution in [2.45, 2.75) is 12.5 Å². The van der Waals surface area contributed by atoms with Gasteiger partial charge in [-0.2, -0.15) is 5.10 Å². The van der Waals surface area contributed by atoms with Crippen LogP contribution in [0.4, 0.5) is 0 Å². The molecule has 0 aliphatic heterocycles. The Bertz CT molecular complexity index is 1350. The number of esters is 1. The molecule has 0 saturated carbocycles. The van der Waals surface area contributed by atoms with Gasteiger partial charge in [0.25, 0.3) is 0 Å². The Kier molecular flexibility index (Phi) is 6.06. The zero-order valence-corrected chi connectivity index (χ0v) is 19.7. The van der Waals surface area contributed by atoms with E-state index in [4.69, 9.17) is 14.6 Å². The van der Waals surface area contributed by atoms with Crippen molar-refractivity contribution in [3.05, 3.63) is 132 Å². The molecular weight excluding hydrogens is 436 g/mol. The van der Waals surface area contributed by atoms with Crippen LogP contribution in [0, 0.1) is 0 Å². The Morgan fingerprint density at radius 1 is 0.800 bits per heavy atom. The minimum Gasteiger partial charge on any atom is -0.495 e. The van der Waals surface area contributed by atoms with Gasteiger partial charge in [-0.05, 0) is 35.7 Å². The number of benzene rings is 4. The fraction of sp³-hybridized carbons (Fsp3) is 0.133. The lowest BCUT2D eigenvalue weighted by Crippen LogP contribution is -2.38. The fourth-order valence-electron chi connectivity index (χ4n) is 4.84. The van der Waals surface area contributed by atoms with Crippen molar-refractivity contribution < 1.29 is 14.3 Å². The van der Waals surface area contributed by atoms with E-state index in [1.54, 1.807) is 26.3 Å². The van der Waals surface area contributed by atoms with E-state index in [9.17, 15) is 4.79 Å². The van der Waals surface area contributed by atoms with Gasteiger partial charge in [-0.1, -0.05) is 91.0 Å². The Labute approximate surface area is 204 Å². The molecule has 0 N–H and O–H groups in total. The molecule has 5 heteroatoms. The van der Waals surface area contributed by atoms with Gasteiger partial charge in [0.05, 0.1) is 30.8 Å². The molecule has 0 amide bonds. The van der Waals surface area contributed by atoms with Crippen molar-refractivity contribution in [1.82, 2.24) is 9.78 Å². The zero-order valence-electron chi connectivity index (χ0n) is 19.7. The number of methoxy groups -OCH3 is 1. The van der Waals surface area contributed by atoms with Crippen molar-refractivity contribution in [3.8, 4) is 5.75 Å². The first-order valence-corrected chi connectivity index (χ1v) is 11.6. The summed E-state index contributed by atoms with van der Waals surface area (Å²) in [6.45, 7) is 2.08. The van der Waals surface area contributed by atoms with Crippen LogP contribution in [-0.4, -0.2) is 29.5 Å².